The Bertz CT molecular complexity index is 513. The molecule has 1 nitrogen and oxygen atoms in total. The van der Waals surface area contributed by atoms with Crippen LogP contribution in [0.2, 0.25) is 10.0 Å². The molecule has 0 aromatic heterocycles. The van der Waals surface area contributed by atoms with Crippen LogP contribution in [0.25, 0.3) is 0 Å². The predicted octanol–water partition coefficient (Wildman–Crippen LogP) is 4.82. The van der Waals surface area contributed by atoms with Crippen molar-refractivity contribution < 1.29 is 5.11 Å². The number of halogens is 2. The van der Waals surface area contributed by atoms with Gasteiger partial charge in [0.05, 0.1) is 6.10 Å². The van der Waals surface area contributed by atoms with Gasteiger partial charge in [0.1, 0.15) is 0 Å². The summed E-state index contributed by atoms with van der Waals surface area (Å²) in [5, 5.41) is 11.4. The van der Waals surface area contributed by atoms with Gasteiger partial charge in [-0.05, 0) is 35.9 Å². The minimum absolute atomic E-state index is 0.508. The van der Waals surface area contributed by atoms with Gasteiger partial charge in [0, 0.05) is 20.7 Å². The first-order valence-electron chi connectivity index (χ1n) is 5.47. The van der Waals surface area contributed by atoms with Crippen molar-refractivity contribution in [1.29, 1.82) is 0 Å². The summed E-state index contributed by atoms with van der Waals surface area (Å²) in [7, 11) is 0. The van der Waals surface area contributed by atoms with Crippen LogP contribution in [0.3, 0.4) is 0 Å². The molecule has 0 heterocycles. The fourth-order valence-corrected chi connectivity index (χ4v) is 2.82. The Balaban J connectivity index is 1.96. The average molecular weight is 299 g/mol. The van der Waals surface area contributed by atoms with E-state index in [9.17, 15) is 5.11 Å². The van der Waals surface area contributed by atoms with Gasteiger partial charge >= 0.3 is 0 Å². The lowest BCUT2D eigenvalue weighted by Gasteiger charge is -2.10. The Labute approximate surface area is 121 Å². The molecule has 4 heteroatoms. The summed E-state index contributed by atoms with van der Waals surface area (Å²) in [6, 6.07) is 14.8. The second kappa shape index (κ2) is 6.48. The average Bonchev–Trinajstić information content (AvgIpc) is 2.37. The second-order valence-corrected chi connectivity index (χ2v) is 5.80. The molecule has 0 aliphatic heterocycles. The number of benzene rings is 2. The standard InChI is InChI=1S/C14H12Cl2OS/c15-11-6-4-10(5-7-11)14(17)9-18-13-3-1-2-12(16)8-13/h1-8,14,17H,9H2. The summed E-state index contributed by atoms with van der Waals surface area (Å²) in [4.78, 5) is 1.05. The van der Waals surface area contributed by atoms with Crippen molar-refractivity contribution in [2.75, 3.05) is 5.75 Å². The largest absolute Gasteiger partial charge is 0.388 e. The third-order valence-corrected chi connectivity index (χ3v) is 4.02. The van der Waals surface area contributed by atoms with Crippen LogP contribution in [-0.2, 0) is 0 Å². The van der Waals surface area contributed by atoms with Crippen LogP contribution in [-0.4, -0.2) is 10.9 Å². The minimum Gasteiger partial charge on any atom is -0.388 e. The number of aliphatic hydroxyl groups excluding tert-OH is 1. The number of rotatable bonds is 4. The molecular formula is C14H12Cl2OS. The fraction of sp³-hybridized carbons (Fsp3) is 0.143. The predicted molar refractivity (Wildman–Crippen MR) is 78.6 cm³/mol. The molecular weight excluding hydrogens is 287 g/mol. The van der Waals surface area contributed by atoms with Crippen molar-refractivity contribution in [2.45, 2.75) is 11.0 Å². The zero-order chi connectivity index (χ0) is 13.0. The highest BCUT2D eigenvalue weighted by molar-refractivity contribution is 7.99. The Morgan fingerprint density at radius 3 is 2.39 bits per heavy atom. The van der Waals surface area contributed by atoms with E-state index in [1.54, 1.807) is 23.9 Å². The van der Waals surface area contributed by atoms with Gasteiger partial charge in [-0.1, -0.05) is 41.4 Å². The first-order valence-corrected chi connectivity index (χ1v) is 7.21. The maximum atomic E-state index is 10.0. The molecule has 1 atom stereocenters. The molecule has 0 bridgehead atoms. The van der Waals surface area contributed by atoms with Gasteiger partial charge < -0.3 is 5.11 Å². The monoisotopic (exact) mass is 298 g/mol. The van der Waals surface area contributed by atoms with E-state index >= 15 is 0 Å². The van der Waals surface area contributed by atoms with Gasteiger partial charge in [-0.15, -0.1) is 11.8 Å². The fourth-order valence-electron chi connectivity index (χ4n) is 1.51. The van der Waals surface area contributed by atoms with Crippen LogP contribution in [0.1, 0.15) is 11.7 Å². The van der Waals surface area contributed by atoms with E-state index in [0.29, 0.717) is 15.8 Å². The number of hydrogen-bond acceptors (Lipinski definition) is 2. The Morgan fingerprint density at radius 1 is 1.00 bits per heavy atom. The number of thioether (sulfide) groups is 1. The SMILES string of the molecule is OC(CSc1cccc(Cl)c1)c1ccc(Cl)cc1. The summed E-state index contributed by atoms with van der Waals surface area (Å²) in [6.07, 6.45) is -0.508. The van der Waals surface area contributed by atoms with Gasteiger partial charge in [0.15, 0.2) is 0 Å². The molecule has 0 amide bonds. The summed E-state index contributed by atoms with van der Waals surface area (Å²) >= 11 is 13.3. The molecule has 1 N–H and O–H groups in total. The molecule has 2 aromatic rings. The molecule has 18 heavy (non-hydrogen) atoms. The molecule has 0 aliphatic carbocycles. The maximum absolute atomic E-state index is 10.0. The van der Waals surface area contributed by atoms with Crippen LogP contribution in [0.15, 0.2) is 53.4 Å². The smallest absolute Gasteiger partial charge is 0.0883 e. The van der Waals surface area contributed by atoms with Gasteiger partial charge in [-0.25, -0.2) is 0 Å². The van der Waals surface area contributed by atoms with Gasteiger partial charge in [-0.3, -0.25) is 0 Å². The van der Waals surface area contributed by atoms with Crippen LogP contribution in [0.5, 0.6) is 0 Å². The van der Waals surface area contributed by atoms with Crippen molar-refractivity contribution in [3.63, 3.8) is 0 Å². The van der Waals surface area contributed by atoms with Crippen LogP contribution in [0, 0.1) is 0 Å². The van der Waals surface area contributed by atoms with Crippen molar-refractivity contribution in [3.05, 3.63) is 64.1 Å². The van der Waals surface area contributed by atoms with E-state index in [4.69, 9.17) is 23.2 Å². The molecule has 94 valence electrons. The number of hydrogen-bond donors (Lipinski definition) is 1. The highest BCUT2D eigenvalue weighted by Crippen LogP contribution is 2.27. The lowest BCUT2D eigenvalue weighted by molar-refractivity contribution is 0.204. The van der Waals surface area contributed by atoms with Crippen LogP contribution < -0.4 is 0 Å². The first-order chi connectivity index (χ1) is 8.65. The molecule has 2 aromatic carbocycles. The third-order valence-electron chi connectivity index (χ3n) is 2.46. The van der Waals surface area contributed by atoms with E-state index in [2.05, 4.69) is 0 Å². The van der Waals surface area contributed by atoms with Gasteiger partial charge in [0.2, 0.25) is 0 Å². The third kappa shape index (κ3) is 3.92. The van der Waals surface area contributed by atoms with Gasteiger partial charge in [-0.2, -0.15) is 0 Å². The van der Waals surface area contributed by atoms with Gasteiger partial charge in [0.25, 0.3) is 0 Å². The Kier molecular flexibility index (Phi) is 4.95. The van der Waals surface area contributed by atoms with Crippen LogP contribution in [0.4, 0.5) is 0 Å². The van der Waals surface area contributed by atoms with E-state index in [0.717, 1.165) is 10.5 Å². The molecule has 0 fully saturated rings. The maximum Gasteiger partial charge on any atom is 0.0883 e. The summed E-state index contributed by atoms with van der Waals surface area (Å²) in [5.41, 5.74) is 0.869. The number of aliphatic hydroxyl groups is 1. The molecule has 0 aliphatic rings. The highest BCUT2D eigenvalue weighted by atomic mass is 35.5. The summed E-state index contributed by atoms with van der Waals surface area (Å²) in [5.74, 6) is 0.585. The van der Waals surface area contributed by atoms with E-state index in [1.807, 2.05) is 36.4 Å². The quantitative estimate of drug-likeness (QED) is 0.817. The molecule has 0 saturated heterocycles. The zero-order valence-electron chi connectivity index (χ0n) is 9.51. The van der Waals surface area contributed by atoms with Crippen molar-refractivity contribution in [3.8, 4) is 0 Å². The topological polar surface area (TPSA) is 20.2 Å². The highest BCUT2D eigenvalue weighted by Gasteiger charge is 2.08. The molecule has 0 saturated carbocycles. The molecule has 2 rings (SSSR count). The molecule has 0 radical (unpaired) electrons. The van der Waals surface area contributed by atoms with Crippen molar-refractivity contribution in [1.82, 2.24) is 0 Å². The lowest BCUT2D eigenvalue weighted by Crippen LogP contribution is -2.00. The first kappa shape index (κ1) is 13.8. The molecule has 1 unspecified atom stereocenters. The van der Waals surface area contributed by atoms with E-state index < -0.39 is 6.10 Å². The lowest BCUT2D eigenvalue weighted by atomic mass is 10.1. The second-order valence-electron chi connectivity index (χ2n) is 3.84. The van der Waals surface area contributed by atoms with Crippen molar-refractivity contribution >= 4 is 35.0 Å². The molecule has 0 spiro atoms. The van der Waals surface area contributed by atoms with E-state index in [1.165, 1.54) is 0 Å². The summed E-state index contributed by atoms with van der Waals surface area (Å²) < 4.78 is 0. The van der Waals surface area contributed by atoms with E-state index in [-0.39, 0.29) is 0 Å². The Morgan fingerprint density at radius 2 is 1.72 bits per heavy atom. The minimum atomic E-state index is -0.508. The normalized spacial score (nSPS) is 12.4. The van der Waals surface area contributed by atoms with Crippen LogP contribution >= 0.6 is 35.0 Å². The Hall–Kier alpha value is -0.670. The summed E-state index contributed by atoms with van der Waals surface area (Å²) in [6.45, 7) is 0. The van der Waals surface area contributed by atoms with Crippen molar-refractivity contribution in [2.24, 2.45) is 0 Å². The zero-order valence-corrected chi connectivity index (χ0v) is 11.8.